The van der Waals surface area contributed by atoms with E-state index < -0.39 is 65.4 Å². The van der Waals surface area contributed by atoms with Crippen LogP contribution in [-0.4, -0.2) is 65.7 Å². The fraction of sp³-hybridized carbons (Fsp3) is 0.375. The molecule has 0 unspecified atom stereocenters. The predicted octanol–water partition coefficient (Wildman–Crippen LogP) is 6.68. The van der Waals surface area contributed by atoms with Gasteiger partial charge < -0.3 is 49.4 Å². The molecule has 15 nitrogen and oxygen atoms in total. The largest absolute Gasteiger partial charge is 0.508 e. The number of phenols is 1. The van der Waals surface area contributed by atoms with Gasteiger partial charge >= 0.3 is 23.6 Å². The van der Waals surface area contributed by atoms with Gasteiger partial charge in [-0.1, -0.05) is 35.9 Å². The van der Waals surface area contributed by atoms with Crippen molar-refractivity contribution in [2.75, 3.05) is 12.4 Å². The number of primary amides is 1. The maximum Gasteiger partial charge on any atom is 0.442 e. The number of allylic oxidation sites excluding steroid dienone is 2. The Morgan fingerprint density at radius 2 is 1.76 bits per heavy atom. The van der Waals surface area contributed by atoms with E-state index in [2.05, 4.69) is 15.5 Å². The third kappa shape index (κ3) is 8.21. The number of ether oxygens (including phenoxy) is 5. The van der Waals surface area contributed by atoms with E-state index in [4.69, 9.17) is 33.8 Å². The van der Waals surface area contributed by atoms with Crippen LogP contribution in [0, 0.1) is 6.92 Å². The predicted molar refractivity (Wildman–Crippen MR) is 201 cm³/mol. The van der Waals surface area contributed by atoms with E-state index in [-0.39, 0.29) is 51.5 Å². The highest BCUT2D eigenvalue weighted by Crippen LogP contribution is 2.52. The van der Waals surface area contributed by atoms with Gasteiger partial charge in [0.2, 0.25) is 6.29 Å². The van der Waals surface area contributed by atoms with Crippen LogP contribution in [0.25, 0.3) is 11.0 Å². The average Bonchev–Trinajstić information content (AvgIpc) is 3.97. The van der Waals surface area contributed by atoms with Crippen LogP contribution in [0.2, 0.25) is 0 Å². The van der Waals surface area contributed by atoms with Crippen LogP contribution >= 0.6 is 0 Å². The van der Waals surface area contributed by atoms with Crippen LogP contribution < -0.4 is 26.1 Å². The third-order valence-corrected chi connectivity index (χ3v) is 9.74. The number of aromatic hydroxyl groups is 1. The van der Waals surface area contributed by atoms with E-state index in [9.17, 15) is 37.8 Å². The second kappa shape index (κ2) is 15.8. The Labute approximate surface area is 329 Å². The van der Waals surface area contributed by atoms with Crippen molar-refractivity contribution in [2.24, 2.45) is 16.0 Å². The smallest absolute Gasteiger partial charge is 0.442 e. The number of benzene rings is 3. The van der Waals surface area contributed by atoms with Crippen molar-refractivity contribution >= 4 is 28.7 Å². The van der Waals surface area contributed by atoms with Gasteiger partial charge in [-0.3, -0.25) is 4.79 Å². The van der Waals surface area contributed by atoms with Crippen LogP contribution in [0.5, 0.6) is 17.2 Å². The second-order valence-electron chi connectivity index (χ2n) is 14.6. The molecule has 1 saturated heterocycles. The first-order valence-electron chi connectivity index (χ1n) is 17.9. The summed E-state index contributed by atoms with van der Waals surface area (Å²) < 4.78 is 75.4. The Balaban J connectivity index is 1.36. The van der Waals surface area contributed by atoms with Gasteiger partial charge in [-0.05, 0) is 82.5 Å². The number of fused-ring (bicyclic) bond motifs is 1. The number of hydrogen-bond donors (Lipinski definition) is 4. The van der Waals surface area contributed by atoms with Gasteiger partial charge in [0.15, 0.2) is 23.6 Å². The van der Waals surface area contributed by atoms with Gasteiger partial charge in [-0.15, -0.1) is 10.2 Å². The number of rotatable bonds is 12. The molecule has 0 spiro atoms. The highest BCUT2D eigenvalue weighted by atomic mass is 19.4. The van der Waals surface area contributed by atoms with Crippen molar-refractivity contribution in [2.45, 2.75) is 89.7 Å². The molecule has 4 atom stereocenters. The number of methoxy groups -OCH3 is 1. The third-order valence-electron chi connectivity index (χ3n) is 9.74. The number of carbonyl (C=O) groups is 2. The number of hydrogen-bond acceptors (Lipinski definition) is 13. The molecule has 0 radical (unpaired) electrons. The lowest BCUT2D eigenvalue weighted by molar-refractivity contribution is -0.304. The number of aliphatic hydroxyl groups excluding tert-OH is 1. The lowest BCUT2D eigenvalue weighted by Gasteiger charge is -2.47. The zero-order chi connectivity index (χ0) is 42.3. The number of aryl methyl sites for hydroxylation is 1. The number of alkyl halides is 3. The van der Waals surface area contributed by atoms with Crippen molar-refractivity contribution in [3.05, 3.63) is 104 Å². The highest BCUT2D eigenvalue weighted by molar-refractivity contribution is 6.07. The van der Waals surface area contributed by atoms with Gasteiger partial charge in [0.1, 0.15) is 29.8 Å². The number of anilines is 1. The monoisotopic (exact) mass is 810 g/mol. The molecule has 3 heterocycles. The Morgan fingerprint density at radius 1 is 1.07 bits per heavy atom. The van der Waals surface area contributed by atoms with E-state index >= 15 is 0 Å². The Kier molecular flexibility index (Phi) is 11.3. The molecule has 5 N–H and O–H groups in total. The van der Waals surface area contributed by atoms with Crippen LogP contribution in [0.4, 0.5) is 23.7 Å². The molecule has 0 aliphatic carbocycles. The lowest BCUT2D eigenvalue weighted by atomic mass is 9.89. The Morgan fingerprint density at radius 3 is 2.36 bits per heavy atom. The van der Waals surface area contributed by atoms with Gasteiger partial charge in [-0.2, -0.15) is 13.2 Å². The summed E-state index contributed by atoms with van der Waals surface area (Å²) in [7, 11) is 1.35. The summed E-state index contributed by atoms with van der Waals surface area (Å²) in [4.78, 5) is 39.1. The van der Waals surface area contributed by atoms with Crippen LogP contribution in [0.15, 0.2) is 85.7 Å². The number of nitrogens with zero attached hydrogens (tertiary/aromatic N) is 2. The topological polar surface area (TPSA) is 214 Å². The zero-order valence-corrected chi connectivity index (χ0v) is 32.2. The van der Waals surface area contributed by atoms with E-state index in [1.165, 1.54) is 61.7 Å². The first-order valence-corrected chi connectivity index (χ1v) is 17.9. The van der Waals surface area contributed by atoms with E-state index in [1.807, 2.05) is 19.9 Å². The summed E-state index contributed by atoms with van der Waals surface area (Å²) in [6.07, 6.45) is -8.94. The number of phenolic OH excluding ortho intramolecular Hbond substituents is 1. The average molecular weight is 811 g/mol. The van der Waals surface area contributed by atoms with Crippen molar-refractivity contribution in [3.63, 3.8) is 0 Å². The molecule has 1 fully saturated rings. The molecule has 0 bridgehead atoms. The molecule has 2 aliphatic heterocycles. The first-order chi connectivity index (χ1) is 27.3. The van der Waals surface area contributed by atoms with Gasteiger partial charge in [0.25, 0.3) is 5.91 Å². The standard InChI is InChI=1S/C40H41F3N4O11/c1-19(2)7-10-22-17-23(11-15-26(22)48)34(50)45-28-31(54-18-21-8-12-24(13-9-21)39(46-47-39)40(41,42)43)25-14-16-27(20(3)30(25)56-35(28)51)55-36-29(49)32(57-37(44)52)33(53-6)38(4,5)58-36/h7-9,11-17,29,32-33,36,48-49H,10,18H2,1-6H3,(H2,44,52)(H,45,50)/t29-,32+,33-,36-/m1/s1. The molecule has 1 aromatic heterocycles. The minimum atomic E-state index is -4.72. The zero-order valence-electron chi connectivity index (χ0n) is 32.2. The maximum absolute atomic E-state index is 13.8. The lowest BCUT2D eigenvalue weighted by Crippen LogP contribution is -2.65. The Bertz CT molecular complexity index is 2350. The highest BCUT2D eigenvalue weighted by Gasteiger charge is 2.65. The second-order valence-corrected chi connectivity index (χ2v) is 14.6. The van der Waals surface area contributed by atoms with Crippen LogP contribution in [0.1, 0.15) is 60.3 Å². The van der Waals surface area contributed by atoms with Crippen molar-refractivity contribution in [3.8, 4) is 17.2 Å². The van der Waals surface area contributed by atoms with E-state index in [1.54, 1.807) is 20.8 Å². The number of carbonyl (C=O) groups excluding carboxylic acids is 2. The molecular weight excluding hydrogens is 769 g/mol. The summed E-state index contributed by atoms with van der Waals surface area (Å²) in [5.41, 5.74) is 2.00. The molecule has 308 valence electrons. The van der Waals surface area contributed by atoms with Crippen LogP contribution in [-0.2, 0) is 32.9 Å². The fourth-order valence-corrected chi connectivity index (χ4v) is 6.63. The molecule has 58 heavy (non-hydrogen) atoms. The van der Waals surface area contributed by atoms with Gasteiger partial charge in [0, 0.05) is 23.8 Å². The number of halogens is 3. The van der Waals surface area contributed by atoms with Gasteiger partial charge in [-0.25, -0.2) is 9.59 Å². The summed E-state index contributed by atoms with van der Waals surface area (Å²) >= 11 is 0. The number of amides is 2. The Hall–Kier alpha value is -5.98. The fourth-order valence-electron chi connectivity index (χ4n) is 6.63. The molecule has 2 aliphatic rings. The summed E-state index contributed by atoms with van der Waals surface area (Å²) in [6, 6.07) is 12.3. The molecule has 6 rings (SSSR count). The molecule has 2 amide bonds. The number of nitrogens with one attached hydrogen (secondary N) is 1. The molecule has 18 heteroatoms. The van der Waals surface area contributed by atoms with Crippen molar-refractivity contribution < 1.29 is 61.1 Å². The SMILES string of the molecule is CO[C@@H]1[C@@H](OC(N)=O)[C@@H](O)[C@H](Oc2ccc3c(OCc4ccc(C5(C(F)(F)F)N=N5)cc4)c(NC(=O)c4ccc(O)c(CC=C(C)C)c4)c(=O)oc3c2C)OC1(C)C. The van der Waals surface area contributed by atoms with Crippen molar-refractivity contribution in [1.82, 2.24) is 0 Å². The summed E-state index contributed by atoms with van der Waals surface area (Å²) in [6.45, 7) is 8.31. The number of nitrogens with two attached hydrogens (primary N) is 1. The summed E-state index contributed by atoms with van der Waals surface area (Å²) in [5, 5.41) is 30.8. The van der Waals surface area contributed by atoms with E-state index in [0.29, 0.717) is 17.5 Å². The molecule has 4 aromatic rings. The molecule has 3 aromatic carbocycles. The van der Waals surface area contributed by atoms with Crippen LogP contribution in [0.3, 0.4) is 0 Å². The summed E-state index contributed by atoms with van der Waals surface area (Å²) in [5.74, 6) is -0.839. The normalized spacial score (nSPS) is 20.6. The number of aliphatic hydroxyl groups is 1. The minimum Gasteiger partial charge on any atom is -0.508 e. The molecular formula is C40H41F3N4O11. The van der Waals surface area contributed by atoms with Gasteiger partial charge in [0.05, 0.1) is 11.0 Å². The maximum atomic E-state index is 13.8. The van der Waals surface area contributed by atoms with Crippen molar-refractivity contribution in [1.29, 1.82) is 0 Å². The first kappa shape index (κ1) is 41.6. The molecule has 0 saturated carbocycles. The quantitative estimate of drug-likeness (QED) is 0.0875. The van der Waals surface area contributed by atoms with E-state index in [0.717, 1.165) is 5.57 Å². The minimum absolute atomic E-state index is 0.0304.